The van der Waals surface area contributed by atoms with Crippen LogP contribution < -0.4 is 0 Å². The topological polar surface area (TPSA) is 78.0 Å². The molecule has 3 aromatic carbocycles. The summed E-state index contributed by atoms with van der Waals surface area (Å²) >= 11 is 0. The second-order valence-corrected chi connectivity index (χ2v) is 8.41. The zero-order chi connectivity index (χ0) is 22.7. The maximum atomic E-state index is 13.2. The molecule has 0 N–H and O–H groups in total. The number of benzene rings is 3. The molecule has 1 aliphatic carbocycles. The molecule has 6 nitrogen and oxygen atoms in total. The molecule has 0 radical (unpaired) electrons. The lowest BCUT2D eigenvalue weighted by molar-refractivity contribution is 0.0990. The molecule has 6 heteroatoms. The summed E-state index contributed by atoms with van der Waals surface area (Å²) in [7, 11) is 0. The molecule has 0 amide bonds. The Morgan fingerprint density at radius 2 is 1.45 bits per heavy atom. The standard InChI is InChI=1S/C27H19N3O3/c1-15(2)30-22(28-27-25(30)29-26(33-27)16-8-4-3-5-9-16)14-21-23(31)19-12-17-10-6-7-11-18(17)13-20(19)24(21)32/h3-15H,1-2H3. The Kier molecular flexibility index (Phi) is 4.17. The number of imidazole rings is 1. The van der Waals surface area contributed by atoms with E-state index in [0.29, 0.717) is 34.2 Å². The van der Waals surface area contributed by atoms with Crippen LogP contribution in [0.5, 0.6) is 0 Å². The van der Waals surface area contributed by atoms with Gasteiger partial charge >= 0.3 is 0 Å². The number of rotatable bonds is 3. The van der Waals surface area contributed by atoms with Crippen LogP contribution in [0.3, 0.4) is 0 Å². The lowest BCUT2D eigenvalue weighted by atomic mass is 10.0. The Morgan fingerprint density at radius 3 is 2.06 bits per heavy atom. The monoisotopic (exact) mass is 433 g/mol. The van der Waals surface area contributed by atoms with Crippen LogP contribution in [0.25, 0.3) is 39.7 Å². The minimum atomic E-state index is -0.284. The van der Waals surface area contributed by atoms with E-state index in [0.717, 1.165) is 16.3 Å². The van der Waals surface area contributed by atoms with Crippen molar-refractivity contribution in [2.24, 2.45) is 0 Å². The predicted octanol–water partition coefficient (Wildman–Crippen LogP) is 5.89. The molecular formula is C27H19N3O3. The van der Waals surface area contributed by atoms with Gasteiger partial charge in [-0.3, -0.25) is 9.59 Å². The first-order chi connectivity index (χ1) is 16.0. The quantitative estimate of drug-likeness (QED) is 0.262. The summed E-state index contributed by atoms with van der Waals surface area (Å²) in [6.07, 6.45) is 1.56. The lowest BCUT2D eigenvalue weighted by Crippen LogP contribution is -2.07. The van der Waals surface area contributed by atoms with Gasteiger partial charge in [0, 0.05) is 22.7 Å². The third kappa shape index (κ3) is 2.95. The van der Waals surface area contributed by atoms with Gasteiger partial charge in [0.25, 0.3) is 5.71 Å². The van der Waals surface area contributed by atoms with Gasteiger partial charge in [0.15, 0.2) is 11.6 Å². The predicted molar refractivity (Wildman–Crippen MR) is 126 cm³/mol. The molecule has 0 saturated heterocycles. The van der Waals surface area contributed by atoms with Crippen LogP contribution in [0, 0.1) is 0 Å². The van der Waals surface area contributed by atoms with Crippen LogP contribution in [0.1, 0.15) is 46.4 Å². The highest BCUT2D eigenvalue weighted by Crippen LogP contribution is 2.33. The molecule has 0 unspecified atom stereocenters. The first-order valence-corrected chi connectivity index (χ1v) is 10.8. The van der Waals surface area contributed by atoms with Gasteiger partial charge in [-0.25, -0.2) is 0 Å². The van der Waals surface area contributed by atoms with Gasteiger partial charge in [-0.05, 0) is 55.0 Å². The number of oxazole rings is 1. The third-order valence-corrected chi connectivity index (χ3v) is 5.96. The number of carbonyl (C=O) groups is 2. The summed E-state index contributed by atoms with van der Waals surface area (Å²) in [6.45, 7) is 4.00. The largest absolute Gasteiger partial charge is 0.416 e. The third-order valence-electron chi connectivity index (χ3n) is 5.96. The Hall–Kier alpha value is -4.32. The van der Waals surface area contributed by atoms with Crippen molar-refractivity contribution in [1.82, 2.24) is 14.5 Å². The summed E-state index contributed by atoms with van der Waals surface area (Å²) < 4.78 is 7.80. The fourth-order valence-electron chi connectivity index (χ4n) is 4.38. The lowest BCUT2D eigenvalue weighted by Gasteiger charge is -2.09. The van der Waals surface area contributed by atoms with Gasteiger partial charge in [-0.15, -0.1) is 0 Å². The number of fused-ring (bicyclic) bond motifs is 3. The van der Waals surface area contributed by atoms with Crippen molar-refractivity contribution >= 4 is 39.8 Å². The minimum absolute atomic E-state index is 0.00727. The minimum Gasteiger partial charge on any atom is -0.416 e. The van der Waals surface area contributed by atoms with E-state index in [4.69, 9.17) is 4.42 Å². The molecule has 0 bridgehead atoms. The normalized spacial score (nSPS) is 13.5. The first kappa shape index (κ1) is 19.4. The summed E-state index contributed by atoms with van der Waals surface area (Å²) in [4.78, 5) is 35.6. The van der Waals surface area contributed by atoms with E-state index in [1.165, 1.54) is 0 Å². The number of allylic oxidation sites excluding steroid dienone is 1. The van der Waals surface area contributed by atoms with Gasteiger partial charge in [0.1, 0.15) is 5.82 Å². The van der Waals surface area contributed by atoms with Crippen molar-refractivity contribution in [2.45, 2.75) is 19.9 Å². The van der Waals surface area contributed by atoms with Gasteiger partial charge in [0.2, 0.25) is 11.5 Å². The molecule has 0 saturated carbocycles. The highest BCUT2D eigenvalue weighted by Gasteiger charge is 2.34. The van der Waals surface area contributed by atoms with Crippen molar-refractivity contribution < 1.29 is 14.0 Å². The second-order valence-electron chi connectivity index (χ2n) is 8.41. The van der Waals surface area contributed by atoms with E-state index < -0.39 is 0 Å². The average molecular weight is 433 g/mol. The van der Waals surface area contributed by atoms with Crippen molar-refractivity contribution in [3.8, 4) is 11.5 Å². The molecule has 0 fully saturated rings. The highest BCUT2D eigenvalue weighted by molar-refractivity contribution is 6.42. The molecular weight excluding hydrogens is 414 g/mol. The van der Waals surface area contributed by atoms with Crippen LogP contribution in [0.2, 0.25) is 0 Å². The van der Waals surface area contributed by atoms with Crippen LogP contribution in [-0.4, -0.2) is 26.1 Å². The Morgan fingerprint density at radius 1 is 0.848 bits per heavy atom. The van der Waals surface area contributed by atoms with E-state index in [-0.39, 0.29) is 23.2 Å². The summed E-state index contributed by atoms with van der Waals surface area (Å²) in [6, 6.07) is 20.9. The van der Waals surface area contributed by atoms with Crippen molar-refractivity contribution in [3.05, 3.63) is 89.3 Å². The molecule has 2 aromatic heterocycles. The summed E-state index contributed by atoms with van der Waals surface area (Å²) in [5.41, 5.74) is 2.78. The summed E-state index contributed by atoms with van der Waals surface area (Å²) in [5, 5.41) is 1.86. The molecule has 6 rings (SSSR count). The fourth-order valence-corrected chi connectivity index (χ4v) is 4.38. The number of carbonyl (C=O) groups excluding carboxylic acids is 2. The van der Waals surface area contributed by atoms with Gasteiger partial charge in [-0.1, -0.05) is 42.5 Å². The Labute approximate surface area is 189 Å². The Bertz CT molecular complexity index is 1560. The number of aromatic nitrogens is 3. The Balaban J connectivity index is 1.47. The molecule has 5 aromatic rings. The maximum Gasteiger partial charge on any atom is 0.267 e. The number of hydrogen-bond acceptors (Lipinski definition) is 5. The van der Waals surface area contributed by atoms with E-state index in [9.17, 15) is 9.59 Å². The SMILES string of the molecule is CC(C)n1c(C=C2C(=O)c3cc4ccccc4cc3C2=O)nc2oc(-c3ccccc3)nc21. The number of Topliss-reactive ketones (excluding diaryl/α,β-unsaturated/α-hetero) is 2. The van der Waals surface area contributed by atoms with Crippen molar-refractivity contribution in [1.29, 1.82) is 0 Å². The summed E-state index contributed by atoms with van der Waals surface area (Å²) in [5.74, 6) is 0.385. The molecule has 160 valence electrons. The van der Waals surface area contributed by atoms with Gasteiger partial charge < -0.3 is 8.98 Å². The molecule has 0 spiro atoms. The molecule has 2 heterocycles. The average Bonchev–Trinajstić information content (AvgIpc) is 3.44. The molecule has 1 aliphatic rings. The van der Waals surface area contributed by atoms with E-state index in [1.807, 2.05) is 73.0 Å². The number of hydrogen-bond donors (Lipinski definition) is 0. The molecule has 0 atom stereocenters. The first-order valence-electron chi connectivity index (χ1n) is 10.8. The van der Waals surface area contributed by atoms with Crippen molar-refractivity contribution in [3.63, 3.8) is 0 Å². The maximum absolute atomic E-state index is 13.2. The van der Waals surface area contributed by atoms with Crippen LogP contribution in [0.15, 0.2) is 76.7 Å². The second kappa shape index (κ2) is 7.10. The zero-order valence-corrected chi connectivity index (χ0v) is 18.1. The van der Waals surface area contributed by atoms with Crippen LogP contribution in [-0.2, 0) is 0 Å². The molecule has 33 heavy (non-hydrogen) atoms. The zero-order valence-electron chi connectivity index (χ0n) is 18.1. The number of nitrogens with zero attached hydrogens (tertiary/aromatic N) is 3. The van der Waals surface area contributed by atoms with Crippen LogP contribution in [0.4, 0.5) is 0 Å². The highest BCUT2D eigenvalue weighted by atomic mass is 16.4. The smallest absolute Gasteiger partial charge is 0.267 e. The fraction of sp³-hybridized carbons (Fsp3) is 0.111. The van der Waals surface area contributed by atoms with Crippen molar-refractivity contribution in [2.75, 3.05) is 0 Å². The van der Waals surface area contributed by atoms with Crippen LogP contribution >= 0.6 is 0 Å². The van der Waals surface area contributed by atoms with Gasteiger partial charge in [-0.2, -0.15) is 9.97 Å². The van der Waals surface area contributed by atoms with E-state index in [2.05, 4.69) is 9.97 Å². The molecule has 0 aliphatic heterocycles. The van der Waals surface area contributed by atoms with E-state index in [1.54, 1.807) is 18.2 Å². The van der Waals surface area contributed by atoms with Gasteiger partial charge in [0.05, 0.1) is 5.57 Å². The number of ketones is 2. The van der Waals surface area contributed by atoms with E-state index >= 15 is 0 Å².